The fourth-order valence-corrected chi connectivity index (χ4v) is 10.7. The van der Waals surface area contributed by atoms with Crippen LogP contribution in [0.25, 0.3) is 124 Å². The van der Waals surface area contributed by atoms with Gasteiger partial charge in [0.15, 0.2) is 0 Å². The zero-order valence-corrected chi connectivity index (χ0v) is 30.8. The first-order chi connectivity index (χ1) is 27.8. The molecule has 0 aliphatic carbocycles. The lowest BCUT2D eigenvalue weighted by Crippen LogP contribution is -2.04. The number of aromatic nitrogens is 3. The van der Waals surface area contributed by atoms with Crippen molar-refractivity contribution in [3.8, 4) is 17.2 Å². The van der Waals surface area contributed by atoms with Crippen molar-refractivity contribution in [3.05, 3.63) is 176 Å². The van der Waals surface area contributed by atoms with Gasteiger partial charge in [0, 0.05) is 47.3 Å². The van der Waals surface area contributed by atoms with E-state index in [2.05, 4.69) is 180 Å². The van der Waals surface area contributed by atoms with Gasteiger partial charge in [-0.1, -0.05) is 140 Å². The number of hydrogen-bond donors (Lipinski definition) is 0. The number of hydrogen-bond acceptors (Lipinski definition) is 3. The van der Waals surface area contributed by atoms with Crippen LogP contribution in [0, 0.1) is 0 Å². The Morgan fingerprint density at radius 2 is 0.982 bits per heavy atom. The van der Waals surface area contributed by atoms with Crippen LogP contribution in [-0.2, 0) is 0 Å². The minimum absolute atomic E-state index is 0.666. The van der Waals surface area contributed by atoms with Crippen LogP contribution in [0.15, 0.2) is 176 Å². The maximum atomic E-state index is 5.73. The first-order valence-corrected chi connectivity index (χ1v) is 19.9. The monoisotopic (exact) mass is 727 g/mol. The van der Waals surface area contributed by atoms with Crippen LogP contribution in [-0.4, -0.2) is 14.5 Å². The summed E-state index contributed by atoms with van der Waals surface area (Å²) in [4.78, 5) is 11.2. The molecule has 10 aromatic carbocycles. The second kappa shape index (κ2) is 11.2. The molecule has 3 nitrogen and oxygen atoms in total. The van der Waals surface area contributed by atoms with E-state index in [-0.39, 0.29) is 0 Å². The summed E-state index contributed by atoms with van der Waals surface area (Å²) in [6.45, 7) is 0. The second-order valence-electron chi connectivity index (χ2n) is 14.9. The Morgan fingerprint density at radius 1 is 0.357 bits per heavy atom. The largest absolute Gasteiger partial charge is 0.278 e. The molecule has 56 heavy (non-hydrogen) atoms. The van der Waals surface area contributed by atoms with Crippen molar-refractivity contribution < 1.29 is 0 Å². The standard InChI is InChI=1S/C52H29N3S/c1-2-14-32-29-44-41(28-31(32)13-1)50-43(27-25-38-36-18-6-5-16-34(36)35-17-7-8-19-37(35)48(38)50)55(44)52-53-42-26-24-30-12-3-4-15-33(30)49(42)51(54-52)40-21-11-23-46-47(40)39-20-9-10-22-45(39)56-46/h1-29H. The number of nitrogens with zero attached hydrogens (tertiary/aromatic N) is 3. The van der Waals surface area contributed by atoms with Crippen molar-refractivity contribution in [2.75, 3.05) is 0 Å². The second-order valence-corrected chi connectivity index (χ2v) is 15.9. The van der Waals surface area contributed by atoms with Gasteiger partial charge in [0.25, 0.3) is 0 Å². The molecule has 0 unspecified atom stereocenters. The molecular formula is C52H29N3S. The van der Waals surface area contributed by atoms with E-state index in [1.54, 1.807) is 0 Å². The third kappa shape index (κ3) is 4.06. The van der Waals surface area contributed by atoms with E-state index < -0.39 is 0 Å². The SMILES string of the molecule is c1ccc2cc3c(cc2c1)c1c2c4ccccc4c4ccccc4c2ccc1n3-c1nc(-c2cccc3sc4ccccc4c23)c2c(ccc3ccccc32)n1. The zero-order chi connectivity index (χ0) is 36.5. The molecule has 13 rings (SSSR count). The van der Waals surface area contributed by atoms with Crippen molar-refractivity contribution in [1.29, 1.82) is 0 Å². The highest BCUT2D eigenvalue weighted by atomic mass is 32.1. The first-order valence-electron chi connectivity index (χ1n) is 19.1. The molecule has 4 heteroatoms. The lowest BCUT2D eigenvalue weighted by molar-refractivity contribution is 1.02. The quantitative estimate of drug-likeness (QED) is 0.166. The Morgan fingerprint density at radius 3 is 1.79 bits per heavy atom. The lowest BCUT2D eigenvalue weighted by Gasteiger charge is -2.15. The fraction of sp³-hybridized carbons (Fsp3) is 0. The molecule has 3 aromatic heterocycles. The van der Waals surface area contributed by atoms with Crippen LogP contribution in [0.2, 0.25) is 0 Å². The summed E-state index contributed by atoms with van der Waals surface area (Å²) in [6, 6.07) is 64.1. The summed E-state index contributed by atoms with van der Waals surface area (Å²) in [5, 5.41) is 18.3. The van der Waals surface area contributed by atoms with Crippen molar-refractivity contribution in [3.63, 3.8) is 0 Å². The molecular weight excluding hydrogens is 699 g/mol. The highest BCUT2D eigenvalue weighted by Gasteiger charge is 2.23. The van der Waals surface area contributed by atoms with Gasteiger partial charge in [0.05, 0.1) is 22.2 Å². The van der Waals surface area contributed by atoms with E-state index in [9.17, 15) is 0 Å². The minimum atomic E-state index is 0.666. The number of rotatable bonds is 2. The molecule has 0 atom stereocenters. The molecule has 3 heterocycles. The third-order valence-corrected chi connectivity index (χ3v) is 13.1. The average molecular weight is 728 g/mol. The van der Waals surface area contributed by atoms with Gasteiger partial charge >= 0.3 is 0 Å². The van der Waals surface area contributed by atoms with E-state index in [4.69, 9.17) is 9.97 Å². The molecule has 0 radical (unpaired) electrons. The van der Waals surface area contributed by atoms with Gasteiger partial charge in [-0.05, 0) is 84.9 Å². The zero-order valence-electron chi connectivity index (χ0n) is 30.0. The Bertz CT molecular complexity index is 3800. The summed E-state index contributed by atoms with van der Waals surface area (Å²) in [5.41, 5.74) is 5.18. The van der Waals surface area contributed by atoms with Crippen LogP contribution >= 0.6 is 11.3 Å². The molecule has 0 bridgehead atoms. The summed E-state index contributed by atoms with van der Waals surface area (Å²) in [5.74, 6) is 0.666. The first kappa shape index (κ1) is 30.2. The van der Waals surface area contributed by atoms with Crippen LogP contribution in [0.5, 0.6) is 0 Å². The molecule has 0 saturated carbocycles. The van der Waals surface area contributed by atoms with Gasteiger partial charge in [-0.2, -0.15) is 0 Å². The van der Waals surface area contributed by atoms with Crippen molar-refractivity contribution in [2.45, 2.75) is 0 Å². The molecule has 0 aliphatic heterocycles. The Kier molecular flexibility index (Phi) is 6.04. The topological polar surface area (TPSA) is 30.7 Å². The molecule has 0 N–H and O–H groups in total. The van der Waals surface area contributed by atoms with Gasteiger partial charge in [-0.25, -0.2) is 9.97 Å². The fourth-order valence-electron chi connectivity index (χ4n) is 9.56. The third-order valence-electron chi connectivity index (χ3n) is 11.9. The number of fused-ring (bicyclic) bond motifs is 17. The summed E-state index contributed by atoms with van der Waals surface area (Å²) >= 11 is 1.84. The minimum Gasteiger partial charge on any atom is -0.278 e. The molecule has 13 aromatic rings. The molecule has 0 aliphatic rings. The van der Waals surface area contributed by atoms with E-state index in [1.165, 1.54) is 79.4 Å². The highest BCUT2D eigenvalue weighted by molar-refractivity contribution is 7.25. The summed E-state index contributed by atoms with van der Waals surface area (Å²) in [6.07, 6.45) is 0. The van der Waals surface area contributed by atoms with Gasteiger partial charge in [-0.3, -0.25) is 4.57 Å². The summed E-state index contributed by atoms with van der Waals surface area (Å²) < 4.78 is 4.86. The molecule has 0 amide bonds. The molecule has 0 saturated heterocycles. The van der Waals surface area contributed by atoms with E-state index in [1.807, 2.05) is 11.3 Å². The number of thiophene rings is 1. The molecule has 258 valence electrons. The van der Waals surface area contributed by atoms with E-state index in [0.717, 1.165) is 38.6 Å². The normalized spacial score (nSPS) is 12.3. The Labute approximate surface area is 324 Å². The van der Waals surface area contributed by atoms with E-state index >= 15 is 0 Å². The van der Waals surface area contributed by atoms with Crippen LogP contribution < -0.4 is 0 Å². The summed E-state index contributed by atoms with van der Waals surface area (Å²) in [7, 11) is 0. The van der Waals surface area contributed by atoms with Crippen molar-refractivity contribution >= 4 is 118 Å². The van der Waals surface area contributed by atoms with E-state index in [0.29, 0.717) is 5.95 Å². The molecule has 0 fully saturated rings. The molecule has 0 spiro atoms. The Balaban J connectivity index is 1.24. The van der Waals surface area contributed by atoms with Gasteiger partial charge in [-0.15, -0.1) is 11.3 Å². The van der Waals surface area contributed by atoms with Gasteiger partial charge < -0.3 is 0 Å². The van der Waals surface area contributed by atoms with Gasteiger partial charge in [0.1, 0.15) is 0 Å². The predicted molar refractivity (Wildman–Crippen MR) is 240 cm³/mol. The maximum absolute atomic E-state index is 5.73. The predicted octanol–water partition coefficient (Wildman–Crippen LogP) is 14.5. The lowest BCUT2D eigenvalue weighted by atomic mass is 9.91. The van der Waals surface area contributed by atoms with Crippen LogP contribution in [0.1, 0.15) is 0 Å². The van der Waals surface area contributed by atoms with Gasteiger partial charge in [0.2, 0.25) is 5.95 Å². The average Bonchev–Trinajstić information content (AvgIpc) is 3.80. The Hall–Kier alpha value is -7.14. The maximum Gasteiger partial charge on any atom is 0.235 e. The number of benzene rings is 10. The smallest absolute Gasteiger partial charge is 0.235 e. The van der Waals surface area contributed by atoms with Crippen molar-refractivity contribution in [2.24, 2.45) is 0 Å². The van der Waals surface area contributed by atoms with Crippen LogP contribution in [0.4, 0.5) is 0 Å². The highest BCUT2D eigenvalue weighted by Crippen LogP contribution is 2.46. The van der Waals surface area contributed by atoms with Crippen LogP contribution in [0.3, 0.4) is 0 Å². The van der Waals surface area contributed by atoms with Crippen molar-refractivity contribution in [1.82, 2.24) is 14.5 Å².